The van der Waals surface area contributed by atoms with E-state index in [-0.39, 0.29) is 11.6 Å². The molecule has 1 rings (SSSR count). The van der Waals surface area contributed by atoms with Crippen molar-refractivity contribution in [2.45, 2.75) is 26.8 Å². The molecule has 1 N–H and O–H groups in total. The fourth-order valence-electron chi connectivity index (χ4n) is 1.76. The molecular weight excluding hydrogens is 348 g/mol. The summed E-state index contributed by atoms with van der Waals surface area (Å²) in [6.45, 7) is 6.06. The van der Waals surface area contributed by atoms with Gasteiger partial charge in [0, 0.05) is 6.04 Å². The van der Waals surface area contributed by atoms with Gasteiger partial charge in [0.15, 0.2) is 11.5 Å². The first-order chi connectivity index (χ1) is 10.4. The Morgan fingerprint density at radius 3 is 2.68 bits per heavy atom. The minimum absolute atomic E-state index is 0.0341. The number of nitrogens with zero attached hydrogens (tertiary/aromatic N) is 1. The number of hydrogen-bond acceptors (Lipinski definition) is 4. The van der Waals surface area contributed by atoms with E-state index < -0.39 is 5.91 Å². The molecule has 0 atom stereocenters. The minimum Gasteiger partial charge on any atom is -0.493 e. The van der Waals surface area contributed by atoms with Crippen molar-refractivity contribution in [3.05, 3.63) is 27.7 Å². The van der Waals surface area contributed by atoms with Crippen LogP contribution in [-0.2, 0) is 4.79 Å². The Bertz CT molecular complexity index is 619. The van der Waals surface area contributed by atoms with E-state index in [4.69, 9.17) is 14.7 Å². The van der Waals surface area contributed by atoms with Crippen LogP contribution >= 0.6 is 15.9 Å². The highest BCUT2D eigenvalue weighted by molar-refractivity contribution is 9.10. The van der Waals surface area contributed by atoms with Crippen molar-refractivity contribution >= 4 is 27.9 Å². The molecule has 0 unspecified atom stereocenters. The molecule has 5 nitrogen and oxygen atoms in total. The van der Waals surface area contributed by atoms with Crippen LogP contribution in [0.1, 0.15) is 26.3 Å². The number of ether oxygens (including phenoxy) is 2. The van der Waals surface area contributed by atoms with Crippen molar-refractivity contribution in [3.8, 4) is 17.6 Å². The summed E-state index contributed by atoms with van der Waals surface area (Å²) in [4.78, 5) is 11.9. The van der Waals surface area contributed by atoms with E-state index in [2.05, 4.69) is 21.2 Å². The molecule has 0 fully saturated rings. The number of nitriles is 1. The molecular formula is C16H19BrN2O3. The zero-order chi connectivity index (χ0) is 16.7. The Morgan fingerprint density at radius 1 is 1.50 bits per heavy atom. The summed E-state index contributed by atoms with van der Waals surface area (Å²) in [5.41, 5.74) is 0.703. The van der Waals surface area contributed by atoms with Gasteiger partial charge in [0.05, 0.1) is 18.2 Å². The average Bonchev–Trinajstić information content (AvgIpc) is 2.46. The van der Waals surface area contributed by atoms with E-state index in [0.717, 1.165) is 0 Å². The van der Waals surface area contributed by atoms with Gasteiger partial charge in [0.1, 0.15) is 11.6 Å². The van der Waals surface area contributed by atoms with Crippen LogP contribution in [0.3, 0.4) is 0 Å². The molecule has 0 bridgehead atoms. The third kappa shape index (κ3) is 4.78. The monoisotopic (exact) mass is 366 g/mol. The van der Waals surface area contributed by atoms with E-state index in [1.165, 1.54) is 13.2 Å². The second-order valence-electron chi connectivity index (χ2n) is 4.77. The number of carbonyl (C=O) groups is 1. The molecule has 1 aromatic rings. The van der Waals surface area contributed by atoms with Gasteiger partial charge >= 0.3 is 0 Å². The summed E-state index contributed by atoms with van der Waals surface area (Å²) >= 11 is 3.41. The summed E-state index contributed by atoms with van der Waals surface area (Å²) in [7, 11) is 1.54. The van der Waals surface area contributed by atoms with E-state index >= 15 is 0 Å². The van der Waals surface area contributed by atoms with Gasteiger partial charge in [-0.05, 0) is 60.5 Å². The Hall–Kier alpha value is -2.00. The van der Waals surface area contributed by atoms with Crippen molar-refractivity contribution in [2.75, 3.05) is 13.7 Å². The predicted molar refractivity (Wildman–Crippen MR) is 88.7 cm³/mol. The van der Waals surface area contributed by atoms with Crippen LogP contribution in [0.5, 0.6) is 11.5 Å². The molecule has 0 saturated carbocycles. The van der Waals surface area contributed by atoms with Gasteiger partial charge in [0.25, 0.3) is 5.91 Å². The number of benzene rings is 1. The highest BCUT2D eigenvalue weighted by atomic mass is 79.9. The van der Waals surface area contributed by atoms with Gasteiger partial charge in [-0.3, -0.25) is 4.79 Å². The molecule has 1 aromatic carbocycles. The summed E-state index contributed by atoms with van der Waals surface area (Å²) in [5.74, 6) is 0.720. The lowest BCUT2D eigenvalue weighted by molar-refractivity contribution is -0.117. The zero-order valence-electron chi connectivity index (χ0n) is 13.1. The number of rotatable bonds is 6. The second kappa shape index (κ2) is 8.44. The molecule has 6 heteroatoms. The molecule has 22 heavy (non-hydrogen) atoms. The minimum atomic E-state index is -0.401. The maximum atomic E-state index is 11.9. The lowest BCUT2D eigenvalue weighted by atomic mass is 10.1. The Kier molecular flexibility index (Phi) is 6.93. The molecule has 0 spiro atoms. The van der Waals surface area contributed by atoms with Crippen molar-refractivity contribution in [2.24, 2.45) is 0 Å². The van der Waals surface area contributed by atoms with Gasteiger partial charge in [-0.1, -0.05) is 0 Å². The molecule has 1 amide bonds. The maximum absolute atomic E-state index is 11.9. The number of halogens is 1. The van der Waals surface area contributed by atoms with Crippen LogP contribution < -0.4 is 14.8 Å². The first kappa shape index (κ1) is 18.1. The molecule has 0 saturated heterocycles. The van der Waals surface area contributed by atoms with Gasteiger partial charge in [0.2, 0.25) is 0 Å². The Labute approximate surface area is 139 Å². The fraction of sp³-hybridized carbons (Fsp3) is 0.375. The first-order valence-corrected chi connectivity index (χ1v) is 7.65. The third-order valence-electron chi connectivity index (χ3n) is 2.64. The smallest absolute Gasteiger partial charge is 0.262 e. The van der Waals surface area contributed by atoms with Crippen molar-refractivity contribution < 1.29 is 14.3 Å². The molecule has 0 aliphatic carbocycles. The van der Waals surface area contributed by atoms with Crippen LogP contribution in [0.25, 0.3) is 6.08 Å². The highest BCUT2D eigenvalue weighted by Gasteiger charge is 2.13. The van der Waals surface area contributed by atoms with Gasteiger partial charge in [-0.15, -0.1) is 0 Å². The van der Waals surface area contributed by atoms with Gasteiger partial charge in [-0.25, -0.2) is 0 Å². The van der Waals surface area contributed by atoms with Crippen molar-refractivity contribution in [1.29, 1.82) is 5.26 Å². The molecule has 0 heterocycles. The topological polar surface area (TPSA) is 71.3 Å². The number of nitrogens with one attached hydrogen (secondary N) is 1. The normalized spacial score (nSPS) is 11.0. The van der Waals surface area contributed by atoms with Crippen LogP contribution in [0, 0.1) is 11.3 Å². The summed E-state index contributed by atoms with van der Waals surface area (Å²) in [6, 6.07) is 5.37. The molecule has 0 radical (unpaired) electrons. The second-order valence-corrected chi connectivity index (χ2v) is 5.62. The molecule has 0 aromatic heterocycles. The van der Waals surface area contributed by atoms with Crippen LogP contribution in [0.15, 0.2) is 22.2 Å². The van der Waals surface area contributed by atoms with Crippen LogP contribution in [0.4, 0.5) is 0 Å². The SMILES string of the molecule is CCOc1c(Br)cc(/C=C(\C#N)C(=O)NC(C)C)cc1OC. The highest BCUT2D eigenvalue weighted by Crippen LogP contribution is 2.37. The summed E-state index contributed by atoms with van der Waals surface area (Å²) in [6.07, 6.45) is 1.51. The predicted octanol–water partition coefficient (Wildman–Crippen LogP) is 3.29. The lowest BCUT2D eigenvalue weighted by Gasteiger charge is -2.12. The van der Waals surface area contributed by atoms with Crippen molar-refractivity contribution in [1.82, 2.24) is 5.32 Å². The quantitative estimate of drug-likeness (QED) is 0.619. The molecule has 0 aliphatic heterocycles. The van der Waals surface area contributed by atoms with Gasteiger partial charge in [-0.2, -0.15) is 5.26 Å². The standard InChI is InChI=1S/C16H19BrN2O3/c1-5-22-15-13(17)7-11(8-14(15)21-4)6-12(9-18)16(20)19-10(2)3/h6-8,10H,5H2,1-4H3,(H,19,20)/b12-6+. The number of methoxy groups -OCH3 is 1. The van der Waals surface area contributed by atoms with Crippen LogP contribution in [0.2, 0.25) is 0 Å². The lowest BCUT2D eigenvalue weighted by Crippen LogP contribution is -2.30. The fourth-order valence-corrected chi connectivity index (χ4v) is 2.34. The largest absolute Gasteiger partial charge is 0.493 e. The summed E-state index contributed by atoms with van der Waals surface area (Å²) < 4.78 is 11.5. The first-order valence-electron chi connectivity index (χ1n) is 6.85. The Balaban J connectivity index is 3.21. The van der Waals surface area contributed by atoms with E-state index in [1.807, 2.05) is 26.8 Å². The number of carbonyl (C=O) groups excluding carboxylic acids is 1. The van der Waals surface area contributed by atoms with Gasteiger partial charge < -0.3 is 14.8 Å². The Morgan fingerprint density at radius 2 is 2.18 bits per heavy atom. The molecule has 0 aliphatic rings. The molecule has 118 valence electrons. The summed E-state index contributed by atoms with van der Waals surface area (Å²) in [5, 5.41) is 11.9. The third-order valence-corrected chi connectivity index (χ3v) is 3.23. The van der Waals surface area contributed by atoms with E-state index in [9.17, 15) is 4.79 Å². The van der Waals surface area contributed by atoms with E-state index in [1.54, 1.807) is 12.1 Å². The number of hydrogen-bond donors (Lipinski definition) is 1. The average molecular weight is 367 g/mol. The van der Waals surface area contributed by atoms with Crippen molar-refractivity contribution in [3.63, 3.8) is 0 Å². The number of amides is 1. The van der Waals surface area contributed by atoms with E-state index in [0.29, 0.717) is 28.1 Å². The maximum Gasteiger partial charge on any atom is 0.262 e. The van der Waals surface area contributed by atoms with Crippen LogP contribution in [-0.4, -0.2) is 25.7 Å². The zero-order valence-corrected chi connectivity index (χ0v) is 14.7.